The van der Waals surface area contributed by atoms with Gasteiger partial charge in [-0.05, 0) is 203 Å². The van der Waals surface area contributed by atoms with E-state index < -0.39 is 124 Å². The molecule has 13 aromatic heterocycles. The van der Waals surface area contributed by atoms with Gasteiger partial charge in [0.25, 0.3) is 0 Å². The first-order valence-electron chi connectivity index (χ1n) is 65.4. The van der Waals surface area contributed by atoms with E-state index in [-0.39, 0.29) is 185 Å². The number of unbranched alkanes of at least 4 members (excludes halogenated alkanes) is 1. The summed E-state index contributed by atoms with van der Waals surface area (Å²) in [5, 5.41) is 6.98. The minimum Gasteiger partial charge on any atom is -0.725 e. The number of nitrogens with zero attached hydrogens (tertiary/aromatic N) is 12. The molecule has 2 aliphatic heterocycles. The van der Waals surface area contributed by atoms with Gasteiger partial charge in [-0.1, -0.05) is 162 Å². The standard InChI is InChI=1S/C22H26N.C18H13N2O.2C17H15N2O.C17H14N2O.C11H8N.C6H7N.C6H5.C6H9.C5H5N.4CH4.4Ir/c1-16-15-23-22(14-21(16)18-9-4-5-10-18)20-12-6-11-19(13-20)17-7-2-3-8-17;1-11-3-6-15(20-10-11)13-4-5-14-16(9-13)21-18-17(14)12(2)7-8-19-18;2*1-4-13-14-9-8-11(2)19-17(14)20-16(13)12(3)15-7-5-6-10-18-15;1-4-10-18-12(3)13-6-5-7-14-15-9-8-11(2)19-17(15)20-16(13)14;1-2-6-10(7-3-1)11-8-4-5-9-12-11;1-6-2-4-7-5-3-6;1-2-4-6-5-3-1;1-3-5-6-4-2;1-2-4-6-5-3-1;;;;;;;;/h6,11,13-15,17-18H,2-5,7-10H2,1H3;3,5-10H,1-2H3;2*3-10,13,16H,1H2,2H3;4-5,7-9H,1,3,10H2,2H3;1-6,8-9H;2-5H,1H3;1-5H;3-5H,1-2,6H2;1-5H;4*1H4;;;;/q4*-1;-2;-1;;2*-1;;;;;;;;;+3/i;1D3,3D,6D;2*2D3,5D,6D,7D,10D;1D,2D3,3D,4D,10D;;;;;;4*1D3;;;;. The van der Waals surface area contributed by atoms with Gasteiger partial charge in [0.1, 0.15) is 12.2 Å². The summed E-state index contributed by atoms with van der Waals surface area (Å²) in [6.07, 6.45) is 31.6. The third kappa shape index (κ3) is 35.7. The summed E-state index contributed by atoms with van der Waals surface area (Å²) in [5.74, 6) is 0.749. The maximum absolute atomic E-state index is 8.14. The molecule has 775 valence electrons. The summed E-state index contributed by atoms with van der Waals surface area (Å²) in [6.45, 7) is 23.7. The molecule has 0 bridgehead atoms. The van der Waals surface area contributed by atoms with Crippen LogP contribution >= 0.6 is 0 Å². The zero-order valence-corrected chi connectivity index (χ0v) is 91.2. The minimum absolute atomic E-state index is 0. The summed E-state index contributed by atoms with van der Waals surface area (Å²) < 4.78 is 292. The topological polar surface area (TPSA) is 201 Å². The molecular weight excluding hydrogens is 2550 g/mol. The van der Waals surface area contributed by atoms with Crippen molar-refractivity contribution in [2.75, 3.05) is 6.52 Å². The van der Waals surface area contributed by atoms with Gasteiger partial charge in [0, 0.05) is 217 Å². The van der Waals surface area contributed by atoms with E-state index >= 15 is 0 Å². The molecule has 22 rings (SSSR count). The van der Waals surface area contributed by atoms with E-state index in [0.29, 0.717) is 56.5 Å². The van der Waals surface area contributed by atoms with Gasteiger partial charge in [-0.3, -0.25) is 23.1 Å². The molecule has 18 aromatic rings. The summed E-state index contributed by atoms with van der Waals surface area (Å²) in [5.41, 5.74) is 13.8. The van der Waals surface area contributed by atoms with Gasteiger partial charge in [0.05, 0.1) is 19.3 Å². The Morgan fingerprint density at radius 1 is 0.530 bits per heavy atom. The van der Waals surface area contributed by atoms with Crippen LogP contribution in [0.3, 0.4) is 0 Å². The molecular formula is C129H133Ir4N12O4-6. The molecule has 5 unspecified atom stereocenters. The number of fused-ring (bicyclic) bond motifs is 8. The molecule has 2 aliphatic carbocycles. The fraction of sp³-hybridized carbons (Fsp3) is 0.209. The van der Waals surface area contributed by atoms with Crippen molar-refractivity contribution in [3.05, 3.63) is 508 Å². The van der Waals surface area contributed by atoms with Crippen LogP contribution in [0.15, 0.2) is 383 Å². The smallest absolute Gasteiger partial charge is 0.725 e. The van der Waals surface area contributed by atoms with Gasteiger partial charge >= 0.3 is 20.1 Å². The van der Waals surface area contributed by atoms with Gasteiger partial charge in [-0.25, -0.2) is 44.7 Å². The molecule has 4 aliphatic rings. The molecule has 2 saturated carbocycles. The summed E-state index contributed by atoms with van der Waals surface area (Å²) in [7, 11) is -5.67. The van der Waals surface area contributed by atoms with E-state index in [0.717, 1.165) is 64.3 Å². The Morgan fingerprint density at radius 2 is 1.13 bits per heavy atom. The fourth-order valence-corrected chi connectivity index (χ4v) is 15.6. The molecule has 149 heavy (non-hydrogen) atoms. The van der Waals surface area contributed by atoms with Crippen LogP contribution in [0.2, 0.25) is 0 Å². The first kappa shape index (κ1) is 77.5. The fourth-order valence-electron chi connectivity index (χ4n) is 15.6. The Bertz CT molecular complexity index is 8450. The molecule has 5 atom stereocenters. The van der Waals surface area contributed by atoms with Crippen molar-refractivity contribution in [2.24, 2.45) is 0 Å². The molecule has 2 fully saturated rings. The number of rotatable bonds is 18. The second kappa shape index (κ2) is 65.8. The van der Waals surface area contributed by atoms with Crippen LogP contribution in [0.4, 0.5) is 0 Å². The number of aromatic nitrogens is 11. The van der Waals surface area contributed by atoms with Crippen LogP contribution < -0.4 is 9.47 Å². The second-order valence-electron chi connectivity index (χ2n) is 32.0. The van der Waals surface area contributed by atoms with E-state index in [9.17, 15) is 0 Å². The van der Waals surface area contributed by atoms with Crippen molar-refractivity contribution in [2.45, 2.75) is 171 Å². The van der Waals surface area contributed by atoms with Crippen molar-refractivity contribution in [3.63, 3.8) is 0 Å². The van der Waals surface area contributed by atoms with Crippen molar-refractivity contribution in [1.29, 1.82) is 0 Å². The van der Waals surface area contributed by atoms with E-state index in [1.807, 2.05) is 136 Å². The van der Waals surface area contributed by atoms with Crippen LogP contribution in [0.5, 0.6) is 11.8 Å². The molecule has 0 N–H and O–H groups in total. The van der Waals surface area contributed by atoms with E-state index in [2.05, 4.69) is 149 Å². The minimum atomic E-state index is -2.48. The van der Waals surface area contributed by atoms with Crippen LogP contribution in [0, 0.1) is 98.1 Å². The average Bonchev–Trinajstić information content (AvgIpc) is 1.61. The third-order valence-corrected chi connectivity index (χ3v) is 22.5. The molecule has 3 radical (unpaired) electrons. The predicted molar refractivity (Wildman–Crippen MR) is 601 cm³/mol. The number of pyridine rings is 11. The zero-order valence-electron chi connectivity index (χ0n) is 120. The number of aryl methyl sites for hydroxylation is 7. The Hall–Kier alpha value is -13.9. The summed E-state index contributed by atoms with van der Waals surface area (Å²) in [6, 6.07) is 71.5. The van der Waals surface area contributed by atoms with Crippen LogP contribution in [-0.4, -0.2) is 73.6 Å². The number of benzene rings is 5. The molecule has 5 aromatic carbocycles. The van der Waals surface area contributed by atoms with Crippen molar-refractivity contribution in [1.82, 2.24) is 54.8 Å². The Balaban J connectivity index is 0.000000368. The first-order chi connectivity index (χ1) is 86.7. The number of hydrogen-bond donors (Lipinski definition) is 0. The molecule has 0 amide bonds. The number of allylic oxidation sites excluding steroid dienone is 2. The number of ether oxygens (including phenoxy) is 2. The molecule has 16 nitrogen and oxygen atoms in total. The summed E-state index contributed by atoms with van der Waals surface area (Å²) in [4.78, 5) is 44.8. The summed E-state index contributed by atoms with van der Waals surface area (Å²) >= 11 is 0. The third-order valence-electron chi connectivity index (χ3n) is 22.5. The molecule has 0 spiro atoms. The number of furan rings is 2. The van der Waals surface area contributed by atoms with Crippen molar-refractivity contribution >= 4 is 61.0 Å². The van der Waals surface area contributed by atoms with E-state index in [4.69, 9.17) is 88.5 Å². The van der Waals surface area contributed by atoms with Gasteiger partial charge in [0.15, 0.2) is 0 Å². The Labute approximate surface area is 992 Å². The van der Waals surface area contributed by atoms with Crippen LogP contribution in [0.25, 0.3) is 100 Å². The van der Waals surface area contributed by atoms with E-state index in [1.54, 1.807) is 97.9 Å². The monoisotopic (exact) mass is 2720 g/mol. The predicted octanol–water partition coefficient (Wildman–Crippen LogP) is 32.9. The van der Waals surface area contributed by atoms with Gasteiger partial charge in [-0.2, -0.15) is 54.1 Å². The number of hydrogen-bond acceptors (Lipinski definition) is 15. The van der Waals surface area contributed by atoms with Crippen LogP contribution in [-0.2, 0) is 80.4 Å². The Kier molecular flexibility index (Phi) is 34.2. The first-order valence-corrected chi connectivity index (χ1v) is 45.2. The van der Waals surface area contributed by atoms with Gasteiger partial charge in [0.2, 0.25) is 23.2 Å². The average molecular weight is 2720 g/mol. The quantitative estimate of drug-likeness (QED) is 0.0446. The maximum Gasteiger partial charge on any atom is 3.00 e. The largest absolute Gasteiger partial charge is 3.00 e. The van der Waals surface area contributed by atoms with Gasteiger partial charge < -0.3 is 48.5 Å². The van der Waals surface area contributed by atoms with Gasteiger partial charge in [-0.15, -0.1) is 170 Å². The van der Waals surface area contributed by atoms with Crippen molar-refractivity contribution < 1.29 is 151 Å². The van der Waals surface area contributed by atoms with E-state index in [1.165, 1.54) is 97.4 Å². The SMILES string of the molecule is C=C[CH-]CC=C.Cc1ccncc1.Cc1cnc(-c2[c-]ccc(C3CCCC3)c2)cc1C1CCCC1.[2H]C([2H])[2H].[2H]C([2H])[2H].[2H]C([2H])[2H].[2H]C([2H])[2H].[2H]C=C([N-]C([2H])C([2H])=C[2H])c1[c-]ccc2c1oc1nc(C([2H])([2H])[2H])ccc12.[2H]c1c(C([2H])([2H])[2H])cnc(-c2[c-]cc3c(c2)oc2nccc(C)c23)c1[2H].[2H]c1nc(C(=[CH-])C2Oc3nc(C([2H])([2H])[2H])ccc3C2C=C)c([2H])c([2H])c1[2H].[2H]c1nc(C(=[CH-])C2Oc3nc(C([2H])([2H])[2H])ccc3C2C=C)c([2H])c([2H])c1[2H].[Ir+3].[Ir].[Ir].[Ir].[c-]1ccccc1.[c-]1ccccc1-c1ccccn1.c1ccncc1. The van der Waals surface area contributed by atoms with Crippen LogP contribution in [0.1, 0.15) is 242 Å². The molecule has 15 heterocycles. The Morgan fingerprint density at radius 3 is 1.68 bits per heavy atom. The maximum atomic E-state index is 8.14. The second-order valence-corrected chi connectivity index (χ2v) is 32.0. The van der Waals surface area contributed by atoms with Crippen molar-refractivity contribution in [3.8, 4) is 45.5 Å². The zero-order chi connectivity index (χ0) is 135. The normalized spacial score (nSPS) is 18.0. The molecule has 20 heteroatoms. The molecule has 0 saturated heterocycles.